The molecule has 0 bridgehead atoms. The highest BCUT2D eigenvalue weighted by Crippen LogP contribution is 2.41. The lowest BCUT2D eigenvalue weighted by Crippen LogP contribution is -2.55. The Morgan fingerprint density at radius 3 is 2.55 bits per heavy atom. The zero-order chi connectivity index (χ0) is 23.1. The molecule has 31 heavy (non-hydrogen) atoms. The van der Waals surface area contributed by atoms with Gasteiger partial charge >= 0.3 is 11.9 Å². The van der Waals surface area contributed by atoms with Crippen LogP contribution in [-0.2, 0) is 19.1 Å². The summed E-state index contributed by atoms with van der Waals surface area (Å²) in [7, 11) is 0. The Morgan fingerprint density at radius 1 is 1.26 bits per heavy atom. The maximum absolute atomic E-state index is 12.8. The van der Waals surface area contributed by atoms with Crippen LogP contribution in [0.2, 0.25) is 0 Å². The summed E-state index contributed by atoms with van der Waals surface area (Å²) in [5, 5.41) is 49.7. The number of phenolic OH excluding ortho intramolecular Hbond substituents is 2. The number of carboxylic acids is 1. The highest BCUT2D eigenvalue weighted by molar-refractivity contribution is 6.04. The smallest absolute Gasteiger partial charge is 0.342 e. The fraction of sp³-hybridized carbons (Fsp3) is 0.476. The molecule has 3 atom stereocenters. The molecule has 3 rings (SSSR count). The third-order valence-electron chi connectivity index (χ3n) is 5.68. The number of Topliss-reactive ketones (excluding diaryl/α,β-unsaturated/α-hetero) is 1. The number of hydrogen-bond acceptors (Lipinski definition) is 9. The summed E-state index contributed by atoms with van der Waals surface area (Å²) in [4.78, 5) is 36.3. The van der Waals surface area contributed by atoms with E-state index in [-0.39, 0.29) is 54.7 Å². The van der Waals surface area contributed by atoms with Crippen molar-refractivity contribution in [1.29, 1.82) is 0 Å². The second-order valence-electron chi connectivity index (χ2n) is 8.12. The zero-order valence-corrected chi connectivity index (χ0v) is 17.0. The summed E-state index contributed by atoms with van der Waals surface area (Å²) in [5.74, 6) is -5.39. The summed E-state index contributed by atoms with van der Waals surface area (Å²) in [6, 6.07) is 2.22. The Balaban J connectivity index is 1.85. The fourth-order valence-corrected chi connectivity index (χ4v) is 3.92. The van der Waals surface area contributed by atoms with E-state index in [1.165, 1.54) is 19.9 Å². The molecule has 1 aromatic carbocycles. The minimum atomic E-state index is -2.07. The lowest BCUT2D eigenvalue weighted by molar-refractivity contribution is -0.213. The largest absolute Gasteiger partial charge is 0.508 e. The molecule has 0 aromatic heterocycles. The number of aryl methyl sites for hydroxylation is 1. The zero-order valence-electron chi connectivity index (χ0n) is 17.0. The molecule has 0 saturated heterocycles. The standard InChI is InChI=1S/C21H24O10/c1-10-5-12(22)7-14(23)17(10)19(27)31-15-6-11-8-21(29,4-3-16(24)25)30-9-13(11)18(26)20(15,2)28/h5,7,15,22-23,28-29H,3-4,6,8-9H2,1-2H3,(H,24,25)/t15-,20-,21-/m0/s1. The molecule has 0 radical (unpaired) electrons. The molecule has 168 valence electrons. The Hall–Kier alpha value is -2.95. The average molecular weight is 436 g/mol. The summed E-state index contributed by atoms with van der Waals surface area (Å²) >= 11 is 0. The van der Waals surface area contributed by atoms with Crippen LogP contribution in [0, 0.1) is 6.92 Å². The molecule has 10 nitrogen and oxygen atoms in total. The molecular weight excluding hydrogens is 412 g/mol. The monoisotopic (exact) mass is 436 g/mol. The van der Waals surface area contributed by atoms with Gasteiger partial charge < -0.3 is 35.0 Å². The number of rotatable bonds is 5. The first kappa shape index (κ1) is 22.7. The maximum atomic E-state index is 12.8. The van der Waals surface area contributed by atoms with Crippen molar-refractivity contribution in [2.24, 2.45) is 0 Å². The molecule has 10 heteroatoms. The predicted octanol–water partition coefficient (Wildman–Crippen LogP) is 0.926. The van der Waals surface area contributed by atoms with Gasteiger partial charge in [0.15, 0.2) is 17.2 Å². The van der Waals surface area contributed by atoms with Gasteiger partial charge in [-0.15, -0.1) is 0 Å². The van der Waals surface area contributed by atoms with Gasteiger partial charge in [0.05, 0.1) is 13.0 Å². The number of aromatic hydroxyl groups is 2. The molecule has 1 aliphatic carbocycles. The number of aliphatic hydroxyl groups is 2. The van der Waals surface area contributed by atoms with Crippen molar-refractivity contribution in [3.8, 4) is 11.5 Å². The van der Waals surface area contributed by atoms with Crippen LogP contribution in [-0.4, -0.2) is 67.4 Å². The maximum Gasteiger partial charge on any atom is 0.342 e. The minimum Gasteiger partial charge on any atom is -0.508 e. The van der Waals surface area contributed by atoms with Crippen LogP contribution in [0.15, 0.2) is 23.3 Å². The second kappa shape index (κ2) is 7.95. The third-order valence-corrected chi connectivity index (χ3v) is 5.68. The van der Waals surface area contributed by atoms with Crippen LogP contribution in [0.5, 0.6) is 11.5 Å². The molecule has 5 N–H and O–H groups in total. The average Bonchev–Trinajstić information content (AvgIpc) is 2.64. The molecule has 0 saturated carbocycles. The summed E-state index contributed by atoms with van der Waals surface area (Å²) in [6.45, 7) is 2.37. The van der Waals surface area contributed by atoms with Gasteiger partial charge in [-0.2, -0.15) is 0 Å². The van der Waals surface area contributed by atoms with Gasteiger partial charge in [-0.1, -0.05) is 5.57 Å². The van der Waals surface area contributed by atoms with E-state index in [1.807, 2.05) is 0 Å². The van der Waals surface area contributed by atoms with Crippen LogP contribution in [0.3, 0.4) is 0 Å². The quantitative estimate of drug-likeness (QED) is 0.418. The molecule has 0 amide bonds. The second-order valence-corrected chi connectivity index (χ2v) is 8.12. The molecule has 1 heterocycles. The van der Waals surface area contributed by atoms with Crippen molar-refractivity contribution in [2.45, 2.75) is 57.0 Å². The Bertz CT molecular complexity index is 953. The van der Waals surface area contributed by atoms with Gasteiger partial charge in [-0.25, -0.2) is 4.79 Å². The van der Waals surface area contributed by atoms with Crippen LogP contribution in [0.25, 0.3) is 0 Å². The van der Waals surface area contributed by atoms with E-state index >= 15 is 0 Å². The Labute approximate surface area is 177 Å². The first-order valence-corrected chi connectivity index (χ1v) is 9.64. The van der Waals surface area contributed by atoms with E-state index in [0.717, 1.165) is 6.07 Å². The SMILES string of the molecule is Cc1cc(O)cc(O)c1C(=O)O[C@H]1CC2=C(CO[C@@](O)(CCC(=O)O)C2)C(=O)[C@@]1(C)O. The summed E-state index contributed by atoms with van der Waals surface area (Å²) in [5.41, 5.74) is -1.50. The molecule has 2 aliphatic rings. The number of carboxylic acid groups (broad SMARTS) is 1. The lowest BCUT2D eigenvalue weighted by Gasteiger charge is -2.42. The molecule has 0 unspecified atom stereocenters. The van der Waals surface area contributed by atoms with Crippen LogP contribution in [0.4, 0.5) is 0 Å². The van der Waals surface area contributed by atoms with Crippen molar-refractivity contribution in [2.75, 3.05) is 6.61 Å². The number of ketones is 1. The molecule has 1 aromatic rings. The Morgan fingerprint density at radius 2 is 1.94 bits per heavy atom. The van der Waals surface area contributed by atoms with Gasteiger partial charge in [-0.3, -0.25) is 9.59 Å². The van der Waals surface area contributed by atoms with Crippen LogP contribution < -0.4 is 0 Å². The summed E-state index contributed by atoms with van der Waals surface area (Å²) < 4.78 is 10.7. The van der Waals surface area contributed by atoms with Crippen LogP contribution >= 0.6 is 0 Å². The number of ether oxygens (including phenoxy) is 2. The van der Waals surface area contributed by atoms with Crippen molar-refractivity contribution in [1.82, 2.24) is 0 Å². The predicted molar refractivity (Wildman–Crippen MR) is 103 cm³/mol. The number of esters is 1. The number of phenols is 2. The summed E-state index contributed by atoms with van der Waals surface area (Å²) in [6.07, 6.45) is -2.12. The number of benzene rings is 1. The van der Waals surface area contributed by atoms with E-state index in [2.05, 4.69) is 0 Å². The van der Waals surface area contributed by atoms with Gasteiger partial charge in [0.1, 0.15) is 23.2 Å². The van der Waals surface area contributed by atoms with E-state index in [0.29, 0.717) is 5.57 Å². The third kappa shape index (κ3) is 4.41. The van der Waals surface area contributed by atoms with Crippen molar-refractivity contribution >= 4 is 17.7 Å². The van der Waals surface area contributed by atoms with E-state index in [1.54, 1.807) is 0 Å². The highest BCUT2D eigenvalue weighted by atomic mass is 16.6. The number of hydrogen-bond donors (Lipinski definition) is 5. The first-order valence-electron chi connectivity index (χ1n) is 9.64. The van der Waals surface area contributed by atoms with E-state index < -0.39 is 41.0 Å². The van der Waals surface area contributed by atoms with Gasteiger partial charge in [0, 0.05) is 30.9 Å². The molecule has 0 spiro atoms. The first-order chi connectivity index (χ1) is 14.3. The fourth-order valence-electron chi connectivity index (χ4n) is 3.92. The number of aliphatic carboxylic acids is 1. The molecular formula is C21H24O10. The van der Waals surface area contributed by atoms with Crippen molar-refractivity contribution in [3.63, 3.8) is 0 Å². The van der Waals surface area contributed by atoms with Gasteiger partial charge in [0.25, 0.3) is 0 Å². The van der Waals surface area contributed by atoms with Gasteiger partial charge in [-0.05, 0) is 25.5 Å². The topological polar surface area (TPSA) is 171 Å². The normalized spacial score (nSPS) is 28.3. The van der Waals surface area contributed by atoms with Crippen LogP contribution in [0.1, 0.15) is 48.5 Å². The lowest BCUT2D eigenvalue weighted by atomic mass is 9.75. The van der Waals surface area contributed by atoms with Gasteiger partial charge in [0.2, 0.25) is 0 Å². The molecule has 0 fully saturated rings. The highest BCUT2D eigenvalue weighted by Gasteiger charge is 2.51. The number of carbonyl (C=O) groups is 3. The Kier molecular flexibility index (Phi) is 5.83. The number of carbonyl (C=O) groups excluding carboxylic acids is 2. The van der Waals surface area contributed by atoms with E-state index in [4.69, 9.17) is 14.6 Å². The minimum absolute atomic E-state index is 0.0869. The van der Waals surface area contributed by atoms with E-state index in [9.17, 15) is 34.8 Å². The molecule has 1 aliphatic heterocycles. The van der Waals surface area contributed by atoms with Crippen molar-refractivity contribution < 1.29 is 49.4 Å². The van der Waals surface area contributed by atoms with Crippen molar-refractivity contribution in [3.05, 3.63) is 34.4 Å².